The zero-order chi connectivity index (χ0) is 36.1. The quantitative estimate of drug-likeness (QED) is 0.183. The maximum Gasteiger partial charge on any atom is 0.149 e. The van der Waals surface area contributed by atoms with Gasteiger partial charge in [0.25, 0.3) is 0 Å². The van der Waals surface area contributed by atoms with E-state index in [0.29, 0.717) is 0 Å². The fourth-order valence-corrected chi connectivity index (χ4v) is 9.65. The number of anilines is 3. The molecule has 0 radical (unpaired) electrons. The van der Waals surface area contributed by atoms with Gasteiger partial charge in [-0.3, -0.25) is 4.90 Å². The van der Waals surface area contributed by atoms with Gasteiger partial charge in [-0.25, -0.2) is 4.98 Å². The molecule has 55 heavy (non-hydrogen) atoms. The molecule has 10 aromatic rings. The first-order valence-corrected chi connectivity index (χ1v) is 18.9. The number of hydrogen-bond acceptors (Lipinski definition) is 3. The zero-order valence-corrected chi connectivity index (χ0v) is 29.8. The van der Waals surface area contributed by atoms with E-state index in [9.17, 15) is 0 Å². The molecular weight excluding hydrogens is 669 g/mol. The molecule has 1 spiro atoms. The summed E-state index contributed by atoms with van der Waals surface area (Å²) in [5.41, 5.74) is 16.0. The van der Waals surface area contributed by atoms with Crippen LogP contribution in [-0.4, -0.2) is 4.98 Å². The van der Waals surface area contributed by atoms with Crippen LogP contribution in [0, 0.1) is 0 Å². The van der Waals surface area contributed by atoms with Crippen LogP contribution in [0.5, 0.6) is 0 Å². The molecule has 0 fully saturated rings. The monoisotopic (exact) mass is 700 g/mol. The second kappa shape index (κ2) is 11.4. The van der Waals surface area contributed by atoms with Gasteiger partial charge in [-0.15, -0.1) is 0 Å². The van der Waals surface area contributed by atoms with E-state index in [1.807, 2.05) is 12.3 Å². The first kappa shape index (κ1) is 30.3. The van der Waals surface area contributed by atoms with Gasteiger partial charge in [-0.2, -0.15) is 0 Å². The van der Waals surface area contributed by atoms with Crippen LogP contribution < -0.4 is 4.90 Å². The molecule has 2 aromatic heterocycles. The first-order valence-electron chi connectivity index (χ1n) is 18.9. The van der Waals surface area contributed by atoms with Crippen LogP contribution in [0.25, 0.3) is 66.1 Å². The highest BCUT2D eigenvalue weighted by molar-refractivity contribution is 6.19. The number of rotatable bonds is 4. The summed E-state index contributed by atoms with van der Waals surface area (Å²) < 4.78 is 6.71. The second-order valence-corrected chi connectivity index (χ2v) is 14.6. The maximum absolute atomic E-state index is 6.71. The lowest BCUT2D eigenvalue weighted by Crippen LogP contribution is -2.26. The predicted octanol–water partition coefficient (Wildman–Crippen LogP) is 13.6. The third-order valence-corrected chi connectivity index (χ3v) is 11.9. The van der Waals surface area contributed by atoms with E-state index in [2.05, 4.69) is 187 Å². The van der Waals surface area contributed by atoms with E-state index >= 15 is 0 Å². The summed E-state index contributed by atoms with van der Waals surface area (Å²) in [5.74, 6) is 0.829. The molecule has 0 unspecified atom stereocenters. The smallest absolute Gasteiger partial charge is 0.149 e. The summed E-state index contributed by atoms with van der Waals surface area (Å²) in [6.07, 6.45) is 1.88. The minimum absolute atomic E-state index is 0.460. The van der Waals surface area contributed by atoms with Gasteiger partial charge in [0.15, 0.2) is 0 Å². The zero-order valence-electron chi connectivity index (χ0n) is 29.8. The number of pyridine rings is 1. The van der Waals surface area contributed by atoms with E-state index in [0.717, 1.165) is 49.9 Å². The molecule has 8 aromatic carbocycles. The van der Waals surface area contributed by atoms with E-state index in [4.69, 9.17) is 9.40 Å². The first-order chi connectivity index (χ1) is 27.3. The standard InChI is InChI=1S/C52H32N2O/c1-2-12-33(13-3-1)34-22-25-36(26-23-34)54(51-49-43-28-24-35-14-4-5-15-38(35)50(43)55-48(49)30-31-53-51)37-27-29-42-41-18-8-11-21-46(41)52(47(42)32-37)44-19-9-6-16-39(44)40-17-7-10-20-45(40)52/h1-32H. The lowest BCUT2D eigenvalue weighted by molar-refractivity contribution is 0.672. The normalized spacial score (nSPS) is 13.2. The third-order valence-electron chi connectivity index (χ3n) is 11.9. The number of furan rings is 1. The lowest BCUT2D eigenvalue weighted by atomic mass is 9.70. The molecule has 0 atom stereocenters. The Kier molecular flexibility index (Phi) is 6.26. The van der Waals surface area contributed by atoms with Gasteiger partial charge in [0.1, 0.15) is 17.0 Å². The molecule has 2 aliphatic rings. The fraction of sp³-hybridized carbons (Fsp3) is 0.0192. The average Bonchev–Trinajstić information content (AvgIpc) is 3.89. The van der Waals surface area contributed by atoms with Crippen molar-refractivity contribution in [1.29, 1.82) is 0 Å². The highest BCUT2D eigenvalue weighted by Gasteiger charge is 2.51. The summed E-state index contributed by atoms with van der Waals surface area (Å²) >= 11 is 0. The Morgan fingerprint density at radius 1 is 0.436 bits per heavy atom. The highest BCUT2D eigenvalue weighted by Crippen LogP contribution is 2.63. The lowest BCUT2D eigenvalue weighted by Gasteiger charge is -2.32. The summed E-state index contributed by atoms with van der Waals surface area (Å²) in [6.45, 7) is 0. The van der Waals surface area contributed by atoms with Crippen molar-refractivity contribution < 1.29 is 4.42 Å². The molecular formula is C52H32N2O. The molecule has 0 amide bonds. The Hall–Kier alpha value is -7.23. The molecule has 0 N–H and O–H groups in total. The molecule has 2 heterocycles. The van der Waals surface area contributed by atoms with Crippen LogP contribution in [0.4, 0.5) is 17.2 Å². The minimum atomic E-state index is -0.460. The molecule has 0 saturated carbocycles. The van der Waals surface area contributed by atoms with E-state index in [1.165, 1.54) is 55.6 Å². The summed E-state index contributed by atoms with van der Waals surface area (Å²) in [4.78, 5) is 7.53. The van der Waals surface area contributed by atoms with Gasteiger partial charge in [0, 0.05) is 28.3 Å². The Balaban J connectivity index is 1.14. The van der Waals surface area contributed by atoms with Crippen molar-refractivity contribution in [1.82, 2.24) is 4.98 Å². The van der Waals surface area contributed by atoms with Crippen molar-refractivity contribution in [2.24, 2.45) is 0 Å². The number of benzene rings is 8. The van der Waals surface area contributed by atoms with Crippen LogP contribution >= 0.6 is 0 Å². The van der Waals surface area contributed by atoms with E-state index in [1.54, 1.807) is 0 Å². The van der Waals surface area contributed by atoms with E-state index in [-0.39, 0.29) is 0 Å². The van der Waals surface area contributed by atoms with Crippen LogP contribution in [-0.2, 0) is 5.41 Å². The number of aromatic nitrogens is 1. The Labute approximate surface area is 318 Å². The van der Waals surface area contributed by atoms with Crippen molar-refractivity contribution in [3.63, 3.8) is 0 Å². The van der Waals surface area contributed by atoms with Crippen molar-refractivity contribution in [3.8, 4) is 33.4 Å². The number of hydrogen-bond donors (Lipinski definition) is 0. The largest absolute Gasteiger partial charge is 0.455 e. The van der Waals surface area contributed by atoms with Gasteiger partial charge in [-0.1, -0.05) is 152 Å². The Morgan fingerprint density at radius 3 is 1.73 bits per heavy atom. The van der Waals surface area contributed by atoms with Gasteiger partial charge < -0.3 is 4.42 Å². The van der Waals surface area contributed by atoms with Gasteiger partial charge in [0.05, 0.1) is 10.8 Å². The van der Waals surface area contributed by atoms with Gasteiger partial charge in [-0.05, 0) is 97.4 Å². The molecule has 256 valence electrons. The SMILES string of the molecule is c1ccc(-c2ccc(N(c3ccc4c(c3)C3(c5ccccc5-c5ccccc53)c3ccccc3-4)c3nccc4oc5c6ccccc6ccc5c34)cc2)cc1. The average molecular weight is 701 g/mol. The Morgan fingerprint density at radius 2 is 1.02 bits per heavy atom. The van der Waals surface area contributed by atoms with Crippen LogP contribution in [0.2, 0.25) is 0 Å². The third kappa shape index (κ3) is 4.12. The molecule has 3 heteroatoms. The molecule has 12 rings (SSSR count). The molecule has 0 bridgehead atoms. The van der Waals surface area contributed by atoms with Crippen molar-refractivity contribution in [2.45, 2.75) is 5.41 Å². The maximum atomic E-state index is 6.71. The van der Waals surface area contributed by atoms with Crippen LogP contribution in [0.3, 0.4) is 0 Å². The molecule has 3 nitrogen and oxygen atoms in total. The van der Waals surface area contributed by atoms with E-state index < -0.39 is 5.41 Å². The van der Waals surface area contributed by atoms with Crippen LogP contribution in [0.15, 0.2) is 199 Å². The van der Waals surface area contributed by atoms with Crippen LogP contribution in [0.1, 0.15) is 22.3 Å². The topological polar surface area (TPSA) is 29.3 Å². The summed E-state index contributed by atoms with van der Waals surface area (Å²) in [7, 11) is 0. The fourth-order valence-electron chi connectivity index (χ4n) is 9.65. The summed E-state index contributed by atoms with van der Waals surface area (Å²) in [6, 6.07) is 68.2. The second-order valence-electron chi connectivity index (χ2n) is 14.6. The Bertz CT molecular complexity index is 3090. The van der Waals surface area contributed by atoms with Crippen molar-refractivity contribution >= 4 is 49.9 Å². The van der Waals surface area contributed by atoms with Gasteiger partial charge in [0.2, 0.25) is 0 Å². The number of nitrogens with zero attached hydrogens (tertiary/aromatic N) is 2. The molecule has 0 saturated heterocycles. The van der Waals surface area contributed by atoms with Gasteiger partial charge >= 0.3 is 0 Å². The van der Waals surface area contributed by atoms with Crippen molar-refractivity contribution in [3.05, 3.63) is 217 Å². The molecule has 2 aliphatic carbocycles. The minimum Gasteiger partial charge on any atom is -0.455 e. The van der Waals surface area contributed by atoms with Crippen molar-refractivity contribution in [2.75, 3.05) is 4.90 Å². The predicted molar refractivity (Wildman–Crippen MR) is 225 cm³/mol. The number of fused-ring (bicyclic) bond motifs is 15. The summed E-state index contributed by atoms with van der Waals surface area (Å²) in [5, 5.41) is 4.28. The molecule has 0 aliphatic heterocycles. The highest BCUT2D eigenvalue weighted by atomic mass is 16.3.